The Kier molecular flexibility index (Phi) is 2.05. The molecule has 0 radical (unpaired) electrons. The fourth-order valence-electron chi connectivity index (χ4n) is 1.90. The standard InChI is InChI=1S/C8H14N4O/c9-8(4-13)2-1-7(3-8)12-6-10-5-11-12/h5-7,13H,1-4,9H2. The molecular formula is C8H14N4O. The first-order chi connectivity index (χ1) is 6.23. The highest BCUT2D eigenvalue weighted by Gasteiger charge is 2.36. The SMILES string of the molecule is NC1(CO)CCC(n2cncn2)C1. The van der Waals surface area contributed by atoms with Crippen molar-refractivity contribution in [3.63, 3.8) is 0 Å². The summed E-state index contributed by atoms with van der Waals surface area (Å²) in [7, 11) is 0. The van der Waals surface area contributed by atoms with E-state index in [1.165, 1.54) is 6.33 Å². The highest BCUT2D eigenvalue weighted by Crippen LogP contribution is 2.34. The molecule has 0 aromatic carbocycles. The second kappa shape index (κ2) is 3.08. The fourth-order valence-corrected chi connectivity index (χ4v) is 1.90. The molecule has 1 heterocycles. The summed E-state index contributed by atoms with van der Waals surface area (Å²) in [5.74, 6) is 0. The third kappa shape index (κ3) is 1.57. The minimum Gasteiger partial charge on any atom is -0.394 e. The summed E-state index contributed by atoms with van der Waals surface area (Å²) in [6.45, 7) is 0.0538. The Morgan fingerprint density at radius 3 is 3.08 bits per heavy atom. The van der Waals surface area contributed by atoms with Crippen LogP contribution in [0, 0.1) is 0 Å². The number of aliphatic hydroxyl groups excluding tert-OH is 1. The zero-order chi connectivity index (χ0) is 9.31. The third-order valence-corrected chi connectivity index (χ3v) is 2.74. The van der Waals surface area contributed by atoms with Crippen molar-refractivity contribution in [2.24, 2.45) is 5.73 Å². The van der Waals surface area contributed by atoms with Crippen LogP contribution in [0.3, 0.4) is 0 Å². The third-order valence-electron chi connectivity index (χ3n) is 2.74. The van der Waals surface area contributed by atoms with Gasteiger partial charge in [0.05, 0.1) is 12.6 Å². The van der Waals surface area contributed by atoms with Gasteiger partial charge in [-0.3, -0.25) is 0 Å². The van der Waals surface area contributed by atoms with Crippen LogP contribution >= 0.6 is 0 Å². The van der Waals surface area contributed by atoms with Crippen LogP contribution in [0.15, 0.2) is 12.7 Å². The Labute approximate surface area is 76.6 Å². The summed E-state index contributed by atoms with van der Waals surface area (Å²) < 4.78 is 1.82. The van der Waals surface area contributed by atoms with Crippen molar-refractivity contribution in [1.29, 1.82) is 0 Å². The summed E-state index contributed by atoms with van der Waals surface area (Å²) >= 11 is 0. The monoisotopic (exact) mass is 182 g/mol. The van der Waals surface area contributed by atoms with E-state index in [1.807, 2.05) is 4.68 Å². The highest BCUT2D eigenvalue weighted by molar-refractivity contribution is 4.94. The van der Waals surface area contributed by atoms with E-state index >= 15 is 0 Å². The molecule has 0 saturated heterocycles. The van der Waals surface area contributed by atoms with E-state index in [0.29, 0.717) is 6.04 Å². The Balaban J connectivity index is 2.07. The van der Waals surface area contributed by atoms with E-state index in [1.54, 1.807) is 6.33 Å². The van der Waals surface area contributed by atoms with Crippen LogP contribution in [-0.2, 0) is 0 Å². The largest absolute Gasteiger partial charge is 0.394 e. The van der Waals surface area contributed by atoms with Crippen molar-refractivity contribution in [2.45, 2.75) is 30.8 Å². The van der Waals surface area contributed by atoms with Crippen LogP contribution in [0.5, 0.6) is 0 Å². The topological polar surface area (TPSA) is 77.0 Å². The first-order valence-corrected chi connectivity index (χ1v) is 4.47. The van der Waals surface area contributed by atoms with Gasteiger partial charge in [0.2, 0.25) is 0 Å². The fraction of sp³-hybridized carbons (Fsp3) is 0.750. The average Bonchev–Trinajstić information content (AvgIpc) is 2.73. The number of aliphatic hydroxyl groups is 1. The maximum Gasteiger partial charge on any atom is 0.137 e. The molecule has 1 fully saturated rings. The number of hydrogen-bond acceptors (Lipinski definition) is 4. The molecule has 5 nitrogen and oxygen atoms in total. The molecule has 1 aromatic heterocycles. The molecule has 1 aliphatic rings. The van der Waals surface area contributed by atoms with Gasteiger partial charge in [-0.25, -0.2) is 9.67 Å². The molecule has 1 aromatic rings. The molecule has 2 atom stereocenters. The summed E-state index contributed by atoms with van der Waals surface area (Å²) in [4.78, 5) is 3.89. The first kappa shape index (κ1) is 8.65. The molecule has 0 amide bonds. The molecule has 0 aliphatic heterocycles. The van der Waals surface area contributed by atoms with E-state index < -0.39 is 5.54 Å². The maximum atomic E-state index is 9.07. The smallest absolute Gasteiger partial charge is 0.137 e. The minimum absolute atomic E-state index is 0.0538. The lowest BCUT2D eigenvalue weighted by atomic mass is 10.0. The molecule has 1 saturated carbocycles. The van der Waals surface area contributed by atoms with Crippen LogP contribution < -0.4 is 5.73 Å². The lowest BCUT2D eigenvalue weighted by molar-refractivity contribution is 0.195. The lowest BCUT2D eigenvalue weighted by Gasteiger charge is -2.20. The lowest BCUT2D eigenvalue weighted by Crippen LogP contribution is -2.40. The zero-order valence-electron chi connectivity index (χ0n) is 7.43. The van der Waals surface area contributed by atoms with Gasteiger partial charge in [-0.1, -0.05) is 0 Å². The van der Waals surface area contributed by atoms with Gasteiger partial charge < -0.3 is 10.8 Å². The minimum atomic E-state index is -0.406. The van der Waals surface area contributed by atoms with Gasteiger partial charge >= 0.3 is 0 Å². The van der Waals surface area contributed by atoms with Gasteiger partial charge in [-0.15, -0.1) is 0 Å². The van der Waals surface area contributed by atoms with Crippen molar-refractivity contribution in [1.82, 2.24) is 14.8 Å². The van der Waals surface area contributed by atoms with Crippen molar-refractivity contribution < 1.29 is 5.11 Å². The maximum absolute atomic E-state index is 9.07. The van der Waals surface area contributed by atoms with E-state index in [-0.39, 0.29) is 6.61 Å². The normalized spacial score (nSPS) is 33.8. The Bertz CT molecular complexity index is 274. The first-order valence-electron chi connectivity index (χ1n) is 4.47. The van der Waals surface area contributed by atoms with Gasteiger partial charge in [0.1, 0.15) is 12.7 Å². The van der Waals surface area contributed by atoms with Gasteiger partial charge in [-0.2, -0.15) is 5.10 Å². The van der Waals surface area contributed by atoms with E-state index in [9.17, 15) is 0 Å². The summed E-state index contributed by atoms with van der Waals surface area (Å²) in [6.07, 6.45) is 5.84. The molecule has 5 heteroatoms. The summed E-state index contributed by atoms with van der Waals surface area (Å²) in [5, 5.41) is 13.1. The van der Waals surface area contributed by atoms with Crippen LogP contribution in [-0.4, -0.2) is 32.0 Å². The molecule has 0 spiro atoms. The Morgan fingerprint density at radius 1 is 1.69 bits per heavy atom. The van der Waals surface area contributed by atoms with Crippen LogP contribution in [0.25, 0.3) is 0 Å². The number of aromatic nitrogens is 3. The molecule has 13 heavy (non-hydrogen) atoms. The average molecular weight is 182 g/mol. The van der Waals surface area contributed by atoms with E-state index in [4.69, 9.17) is 10.8 Å². The molecular weight excluding hydrogens is 168 g/mol. The van der Waals surface area contributed by atoms with Crippen LogP contribution in [0.4, 0.5) is 0 Å². The van der Waals surface area contributed by atoms with Crippen molar-refractivity contribution in [3.05, 3.63) is 12.7 Å². The molecule has 2 unspecified atom stereocenters. The molecule has 2 rings (SSSR count). The molecule has 72 valence electrons. The second-order valence-corrected chi connectivity index (χ2v) is 3.79. The summed E-state index contributed by atoms with van der Waals surface area (Å²) in [6, 6.07) is 0.305. The van der Waals surface area contributed by atoms with Crippen LogP contribution in [0.2, 0.25) is 0 Å². The van der Waals surface area contributed by atoms with Gasteiger partial charge in [-0.05, 0) is 19.3 Å². The van der Waals surface area contributed by atoms with Gasteiger partial charge in [0, 0.05) is 5.54 Å². The Morgan fingerprint density at radius 2 is 2.54 bits per heavy atom. The van der Waals surface area contributed by atoms with E-state index in [0.717, 1.165) is 19.3 Å². The van der Waals surface area contributed by atoms with Crippen molar-refractivity contribution in [2.75, 3.05) is 6.61 Å². The molecule has 3 N–H and O–H groups in total. The number of nitrogens with two attached hydrogens (primary N) is 1. The molecule has 0 bridgehead atoms. The summed E-state index contributed by atoms with van der Waals surface area (Å²) in [5.41, 5.74) is 5.54. The van der Waals surface area contributed by atoms with Gasteiger partial charge in [0.15, 0.2) is 0 Å². The number of rotatable bonds is 2. The zero-order valence-corrected chi connectivity index (χ0v) is 7.43. The molecule has 1 aliphatic carbocycles. The highest BCUT2D eigenvalue weighted by atomic mass is 16.3. The van der Waals surface area contributed by atoms with Crippen LogP contribution in [0.1, 0.15) is 25.3 Å². The quantitative estimate of drug-likeness (QED) is 0.658. The number of hydrogen-bond donors (Lipinski definition) is 2. The predicted octanol–water partition coefficient (Wildman–Crippen LogP) is -0.307. The van der Waals surface area contributed by atoms with Gasteiger partial charge in [0.25, 0.3) is 0 Å². The second-order valence-electron chi connectivity index (χ2n) is 3.79. The number of nitrogens with zero attached hydrogens (tertiary/aromatic N) is 3. The predicted molar refractivity (Wildman–Crippen MR) is 46.9 cm³/mol. The Hall–Kier alpha value is -0.940. The van der Waals surface area contributed by atoms with Crippen molar-refractivity contribution in [3.8, 4) is 0 Å². The van der Waals surface area contributed by atoms with Crippen molar-refractivity contribution >= 4 is 0 Å². The van der Waals surface area contributed by atoms with E-state index in [2.05, 4.69) is 10.1 Å².